The molecule has 0 aromatic heterocycles. The number of amides is 1. The number of carboxylic acids is 5. The summed E-state index contributed by atoms with van der Waals surface area (Å²) in [4.78, 5) is 94.2. The van der Waals surface area contributed by atoms with Gasteiger partial charge in [0, 0.05) is 6.42 Å². The molecule has 1 aliphatic rings. The number of hydrogen-bond donors (Lipinski definition) is 13. The predicted octanol–water partition coefficient (Wildman–Crippen LogP) is -1.83. The van der Waals surface area contributed by atoms with Crippen LogP contribution in [0, 0.1) is 17.8 Å². The van der Waals surface area contributed by atoms with Gasteiger partial charge in [-0.15, -0.1) is 0 Å². The van der Waals surface area contributed by atoms with Crippen LogP contribution < -0.4 is 45.5 Å². The number of esters is 3. The zero-order valence-electron chi connectivity index (χ0n) is 36.9. The van der Waals surface area contributed by atoms with Gasteiger partial charge >= 0.3 is 47.8 Å². The number of nitrogens with one attached hydrogen (secondary N) is 1. The molecule has 362 valence electrons. The molecule has 1 aliphatic heterocycles. The minimum atomic E-state index is -1.21. The van der Waals surface area contributed by atoms with Crippen LogP contribution in [0.2, 0.25) is 0 Å². The van der Waals surface area contributed by atoms with E-state index < -0.39 is 90.0 Å². The van der Waals surface area contributed by atoms with Gasteiger partial charge in [-0.3, -0.25) is 33.6 Å². The normalized spacial score (nSPS) is 15.7. The number of aliphatic carboxylic acids is 5. The van der Waals surface area contributed by atoms with Crippen molar-refractivity contribution in [1.29, 1.82) is 0 Å². The van der Waals surface area contributed by atoms with Crippen molar-refractivity contribution < 1.29 is 78.2 Å². The molecule has 0 aliphatic carbocycles. The first-order valence-corrected chi connectivity index (χ1v) is 19.6. The summed E-state index contributed by atoms with van der Waals surface area (Å²) in [5, 5.41) is 43.5. The Morgan fingerprint density at radius 1 is 0.714 bits per heavy atom. The van der Waals surface area contributed by atoms with E-state index in [0.717, 1.165) is 12.0 Å². The summed E-state index contributed by atoms with van der Waals surface area (Å²) in [6, 6.07) is 3.68. The van der Waals surface area contributed by atoms with Crippen molar-refractivity contribution in [2.45, 2.75) is 123 Å². The Hall–Kier alpha value is -5.63. The number of carbonyl (C=O) groups is 9. The third kappa shape index (κ3) is 35.6. The van der Waals surface area contributed by atoms with E-state index in [9.17, 15) is 43.2 Å². The Kier molecular flexibility index (Phi) is 36.5. The monoisotopic (exact) mass is 906 g/mol. The maximum atomic E-state index is 11.3. The minimum Gasteiger partial charge on any atom is -0.480 e. The van der Waals surface area contributed by atoms with Crippen molar-refractivity contribution in [1.82, 2.24) is 5.32 Å². The van der Waals surface area contributed by atoms with Gasteiger partial charge in [0.05, 0.1) is 6.54 Å². The number of benzene rings is 1. The van der Waals surface area contributed by atoms with Crippen LogP contribution >= 0.6 is 0 Å². The van der Waals surface area contributed by atoms with Crippen molar-refractivity contribution >= 4 is 53.7 Å². The largest absolute Gasteiger partial charge is 0.480 e. The smallest absolute Gasteiger partial charge is 0.336 e. The lowest BCUT2D eigenvalue weighted by Crippen LogP contribution is -2.42. The number of nitrogens with two attached hydrogens (primary N) is 7. The fourth-order valence-electron chi connectivity index (χ4n) is 3.73. The van der Waals surface area contributed by atoms with Gasteiger partial charge in [-0.25, -0.2) is 9.59 Å². The van der Waals surface area contributed by atoms with Gasteiger partial charge < -0.3 is 80.5 Å². The Balaban J connectivity index is -0.000000341. The lowest BCUT2D eigenvalue weighted by atomic mass is 10.0. The van der Waals surface area contributed by atoms with Crippen molar-refractivity contribution in [3.05, 3.63) is 35.9 Å². The van der Waals surface area contributed by atoms with E-state index in [4.69, 9.17) is 59.9 Å². The van der Waals surface area contributed by atoms with Crippen LogP contribution in [0.5, 0.6) is 0 Å². The Morgan fingerprint density at radius 3 is 1.49 bits per heavy atom. The molecule has 8 atom stereocenters. The molecule has 1 saturated heterocycles. The lowest BCUT2D eigenvalue weighted by Gasteiger charge is -2.17. The zero-order valence-corrected chi connectivity index (χ0v) is 36.9. The van der Waals surface area contributed by atoms with Crippen LogP contribution in [0.1, 0.15) is 79.7 Å². The van der Waals surface area contributed by atoms with E-state index in [1.165, 1.54) is 6.92 Å². The molecule has 0 spiro atoms. The van der Waals surface area contributed by atoms with Crippen molar-refractivity contribution in [2.75, 3.05) is 13.2 Å². The summed E-state index contributed by atoms with van der Waals surface area (Å²) >= 11 is 0. The van der Waals surface area contributed by atoms with Crippen LogP contribution in [-0.4, -0.2) is 135 Å². The minimum absolute atomic E-state index is 0.00134. The molecule has 0 unspecified atom stereocenters. The Labute approximate surface area is 366 Å². The van der Waals surface area contributed by atoms with Gasteiger partial charge in [-0.2, -0.15) is 0 Å². The summed E-state index contributed by atoms with van der Waals surface area (Å²) in [7, 11) is 0. The summed E-state index contributed by atoms with van der Waals surface area (Å²) in [6.07, 6.45) is 2.34. The number of ether oxygens (including phenoxy) is 2. The first-order chi connectivity index (χ1) is 29.0. The Morgan fingerprint density at radius 2 is 1.19 bits per heavy atom. The number of rotatable bonds is 17. The maximum Gasteiger partial charge on any atom is 0.336 e. The van der Waals surface area contributed by atoms with Gasteiger partial charge in [-0.1, -0.05) is 78.3 Å². The molecule has 1 fully saturated rings. The second-order valence-electron chi connectivity index (χ2n) is 14.6. The molecule has 0 saturated carbocycles. The van der Waals surface area contributed by atoms with Gasteiger partial charge in [0.25, 0.3) is 0 Å². The van der Waals surface area contributed by atoms with Crippen LogP contribution in [0.3, 0.4) is 0 Å². The first-order valence-electron chi connectivity index (χ1n) is 19.6. The van der Waals surface area contributed by atoms with E-state index >= 15 is 0 Å². The van der Waals surface area contributed by atoms with Crippen LogP contribution in [0.15, 0.2) is 30.3 Å². The van der Waals surface area contributed by atoms with Crippen LogP contribution in [0.25, 0.3) is 0 Å². The van der Waals surface area contributed by atoms with Gasteiger partial charge in [-0.05, 0) is 49.5 Å². The average Bonchev–Trinajstić information content (AvgIpc) is 3.66. The SMILES string of the molecule is CC(C)C[C@H](N)C(=O)O.CC(C)[C@H](N)C(=O)O.CC[C@H](C)[C@H](N)C(=O)OC[C@H](N)C(=O)O.C[C@H](N)C(=O)OC(=O)[C@@H]1CCC(=O)N1.NCC(=O)O.N[C@@H](Cc1ccccc1)C(=O)O. The summed E-state index contributed by atoms with van der Waals surface area (Å²) in [6.45, 7) is 12.0. The molecule has 63 heavy (non-hydrogen) atoms. The fourth-order valence-corrected chi connectivity index (χ4v) is 3.73. The van der Waals surface area contributed by atoms with Gasteiger partial charge in [0.1, 0.15) is 48.9 Å². The Bertz CT molecular complexity index is 1550. The second-order valence-corrected chi connectivity index (χ2v) is 14.6. The molecular weight excluding hydrogens is 836 g/mol. The highest BCUT2D eigenvalue weighted by Gasteiger charge is 2.30. The third-order valence-electron chi connectivity index (χ3n) is 7.94. The maximum absolute atomic E-state index is 11.3. The fraction of sp³-hybridized carbons (Fsp3) is 0.615. The highest BCUT2D eigenvalue weighted by Crippen LogP contribution is 2.09. The van der Waals surface area contributed by atoms with Gasteiger partial charge in [0.15, 0.2) is 0 Å². The van der Waals surface area contributed by atoms with Crippen molar-refractivity contribution in [3.8, 4) is 0 Å². The van der Waals surface area contributed by atoms with Crippen LogP contribution in [0.4, 0.5) is 0 Å². The average molecular weight is 907 g/mol. The molecule has 20 N–H and O–H groups in total. The molecule has 0 radical (unpaired) electrons. The molecule has 24 nitrogen and oxygen atoms in total. The molecule has 1 heterocycles. The van der Waals surface area contributed by atoms with E-state index in [1.54, 1.807) is 13.8 Å². The van der Waals surface area contributed by atoms with Crippen LogP contribution in [-0.2, 0) is 59.0 Å². The highest BCUT2D eigenvalue weighted by molar-refractivity contribution is 5.94. The first kappa shape index (κ1) is 64.0. The zero-order chi connectivity index (χ0) is 50.2. The standard InChI is InChI=1S/C9H18N2O4.C9H11NO2.C8H12N2O4.C6H13NO2.C5H11NO2.C2H5NO2/c1-3-5(2)7(11)9(14)15-4-6(10)8(12)13;10-8(9(11)12)6-7-4-2-1-3-5-7;1-4(9)7(12)14-8(13)5-2-3-6(11)10-5;1-4(2)3-5(7)6(8)9;1-3(2)4(6)5(7)8;3-1-2(4)5/h5-7H,3-4,10-11H2,1-2H3,(H,12,13);1-5,8H,6,10H2,(H,11,12);4-5H,2-3,9H2,1H3,(H,10,11);4-5H,3,7H2,1-2H3,(H,8,9);3-4H,6H2,1-2H3,(H,7,8);1,3H2,(H,4,5)/t5-,6-,7-;8-;4-,5-;5-;4-;/m00000./s1. The van der Waals surface area contributed by atoms with E-state index in [0.29, 0.717) is 25.2 Å². The van der Waals surface area contributed by atoms with Crippen molar-refractivity contribution in [2.24, 2.45) is 57.9 Å². The molecule has 24 heteroatoms. The highest BCUT2D eigenvalue weighted by atomic mass is 16.6. The predicted molar refractivity (Wildman–Crippen MR) is 228 cm³/mol. The summed E-state index contributed by atoms with van der Waals surface area (Å²) in [5.74, 6) is -6.94. The summed E-state index contributed by atoms with van der Waals surface area (Å²) < 4.78 is 9.11. The summed E-state index contributed by atoms with van der Waals surface area (Å²) in [5.41, 5.74) is 37.2. The second kappa shape index (κ2) is 35.9. The molecule has 1 aromatic carbocycles. The third-order valence-corrected chi connectivity index (χ3v) is 7.94. The van der Waals surface area contributed by atoms with E-state index in [2.05, 4.69) is 20.5 Å². The molecule has 2 rings (SSSR count). The molecular formula is C39H70N8O16. The quantitative estimate of drug-likeness (QED) is 0.0604. The number of carbonyl (C=O) groups excluding carboxylic acids is 4. The van der Waals surface area contributed by atoms with Gasteiger partial charge in [0.2, 0.25) is 5.91 Å². The van der Waals surface area contributed by atoms with Crippen molar-refractivity contribution in [3.63, 3.8) is 0 Å². The van der Waals surface area contributed by atoms with E-state index in [-0.39, 0.29) is 37.3 Å². The molecule has 0 bridgehead atoms. The molecule has 1 aromatic rings. The molecule has 1 amide bonds. The topological polar surface area (TPSA) is 467 Å². The lowest BCUT2D eigenvalue weighted by molar-refractivity contribution is -0.162. The number of hydrogen-bond acceptors (Lipinski definition) is 18. The number of carboxylic acid groups (broad SMARTS) is 5. The van der Waals surface area contributed by atoms with E-state index in [1.807, 2.05) is 58.0 Å².